The number of carbonyl (C=O) groups excluding carboxylic acids is 8. The molecular weight excluding hydrogens is 828 g/mol. The summed E-state index contributed by atoms with van der Waals surface area (Å²) < 4.78 is 0. The highest BCUT2D eigenvalue weighted by Crippen LogP contribution is 2.12. The minimum Gasteiger partial charge on any atom is -0.394 e. The molecule has 1 fully saturated rings. The predicted octanol–water partition coefficient (Wildman–Crippen LogP) is -3.49. The van der Waals surface area contributed by atoms with Crippen LogP contribution >= 0.6 is 0 Å². The van der Waals surface area contributed by atoms with E-state index < -0.39 is 110 Å². The molecule has 0 aromatic heterocycles. The molecule has 1 aliphatic heterocycles. The molecule has 8 amide bonds. The first-order valence-electron chi connectivity index (χ1n) is 22.3. The maximum absolute atomic E-state index is 14.0. The molecule has 22 nitrogen and oxygen atoms in total. The molecule has 0 spiro atoms. The number of amides is 8. The minimum absolute atomic E-state index is 0.0600. The molecule has 7 atom stereocenters. The van der Waals surface area contributed by atoms with Gasteiger partial charge in [-0.15, -0.1) is 0 Å². The Hall–Kier alpha value is -4.48. The lowest BCUT2D eigenvalue weighted by Crippen LogP contribution is -2.58. The Bertz CT molecular complexity index is 1410. The van der Waals surface area contributed by atoms with Gasteiger partial charge in [0, 0.05) is 51.9 Å². The van der Waals surface area contributed by atoms with E-state index in [1.165, 1.54) is 32.1 Å². The van der Waals surface area contributed by atoms with Gasteiger partial charge in [0.15, 0.2) is 0 Å². The fourth-order valence-corrected chi connectivity index (χ4v) is 6.36. The van der Waals surface area contributed by atoms with E-state index in [0.717, 1.165) is 25.7 Å². The Kier molecular flexibility index (Phi) is 30.5. The van der Waals surface area contributed by atoms with Gasteiger partial charge in [-0.25, -0.2) is 0 Å². The van der Waals surface area contributed by atoms with Crippen molar-refractivity contribution in [3.63, 3.8) is 0 Å². The van der Waals surface area contributed by atoms with Gasteiger partial charge < -0.3 is 73.2 Å². The number of carbonyl (C=O) groups is 8. The standard InChI is InChI=1S/C41H74N8O14/c1-2-3-4-5-6-7-8-9-10-11-20-42-38(60)30(12-16-34(56)43-21-27(53)24-50)47-40(62)32(13-17-35(57)44-22-28(54)25-51)49-41(63)33(14-18-36(58)45-23-29(55)26-52)48-39(61)31-15-19-37(59)46-31/h27-33,50-55H,2-26H2,1H3,(H,42,60)(H,43,56)(H,44,57)(H,45,58)(H,46,59)(H,47,62)(H,48,61)(H,49,63)/t27?,28?,29?,30-,31-,32-,33-/m0/s1. The van der Waals surface area contributed by atoms with Crippen LogP contribution < -0.4 is 42.5 Å². The third-order valence-corrected chi connectivity index (χ3v) is 10.3. The van der Waals surface area contributed by atoms with Crippen LogP contribution in [0.1, 0.15) is 122 Å². The lowest BCUT2D eigenvalue weighted by Gasteiger charge is -2.26. The van der Waals surface area contributed by atoms with E-state index in [4.69, 9.17) is 15.3 Å². The van der Waals surface area contributed by atoms with Crippen LogP contribution in [0.3, 0.4) is 0 Å². The quantitative estimate of drug-likeness (QED) is 0.0272. The maximum atomic E-state index is 14.0. The molecule has 1 saturated heterocycles. The number of aliphatic hydroxyl groups excluding tert-OH is 6. The van der Waals surface area contributed by atoms with Crippen molar-refractivity contribution in [2.75, 3.05) is 46.0 Å². The van der Waals surface area contributed by atoms with Gasteiger partial charge in [0.25, 0.3) is 0 Å². The van der Waals surface area contributed by atoms with Crippen LogP contribution in [0.25, 0.3) is 0 Å². The number of rotatable bonds is 36. The molecule has 63 heavy (non-hydrogen) atoms. The largest absolute Gasteiger partial charge is 0.394 e. The molecule has 362 valence electrons. The first-order valence-corrected chi connectivity index (χ1v) is 22.3. The molecule has 14 N–H and O–H groups in total. The zero-order valence-electron chi connectivity index (χ0n) is 36.7. The predicted molar refractivity (Wildman–Crippen MR) is 228 cm³/mol. The van der Waals surface area contributed by atoms with Crippen molar-refractivity contribution in [2.45, 2.75) is 165 Å². The molecule has 1 heterocycles. The summed E-state index contributed by atoms with van der Waals surface area (Å²) in [5.74, 6) is -5.62. The highest BCUT2D eigenvalue weighted by molar-refractivity contribution is 5.97. The molecule has 0 radical (unpaired) electrons. The van der Waals surface area contributed by atoms with E-state index in [2.05, 4.69) is 49.5 Å². The maximum Gasteiger partial charge on any atom is 0.243 e. The molecule has 1 rings (SSSR count). The van der Waals surface area contributed by atoms with Gasteiger partial charge >= 0.3 is 0 Å². The smallest absolute Gasteiger partial charge is 0.243 e. The third kappa shape index (κ3) is 26.7. The van der Waals surface area contributed by atoms with Crippen molar-refractivity contribution >= 4 is 47.3 Å². The number of aliphatic hydroxyl groups is 6. The Balaban J connectivity index is 3.24. The molecule has 0 saturated carbocycles. The van der Waals surface area contributed by atoms with Crippen molar-refractivity contribution in [2.24, 2.45) is 0 Å². The summed E-state index contributed by atoms with van der Waals surface area (Å²) in [6, 6.07) is -5.36. The van der Waals surface area contributed by atoms with Gasteiger partial charge in [-0.3, -0.25) is 38.4 Å². The van der Waals surface area contributed by atoms with E-state index in [1.54, 1.807) is 0 Å². The molecule has 0 aromatic carbocycles. The second-order valence-corrected chi connectivity index (χ2v) is 15.9. The first-order chi connectivity index (χ1) is 30.1. The Morgan fingerprint density at radius 3 is 1.32 bits per heavy atom. The second kappa shape index (κ2) is 34.0. The second-order valence-electron chi connectivity index (χ2n) is 15.9. The summed E-state index contributed by atoms with van der Waals surface area (Å²) in [5.41, 5.74) is 0. The van der Waals surface area contributed by atoms with Crippen LogP contribution in [-0.2, 0) is 38.4 Å². The fraction of sp³-hybridized carbons (Fsp3) is 0.805. The molecule has 0 bridgehead atoms. The van der Waals surface area contributed by atoms with E-state index in [1.807, 2.05) is 0 Å². The summed E-state index contributed by atoms with van der Waals surface area (Å²) in [5, 5.41) is 76.2. The number of hydrogen-bond acceptors (Lipinski definition) is 14. The third-order valence-electron chi connectivity index (χ3n) is 10.3. The van der Waals surface area contributed by atoms with Gasteiger partial charge in [0.05, 0.1) is 38.1 Å². The van der Waals surface area contributed by atoms with Gasteiger partial charge in [-0.05, 0) is 32.1 Å². The molecule has 3 unspecified atom stereocenters. The van der Waals surface area contributed by atoms with Crippen molar-refractivity contribution in [3.8, 4) is 0 Å². The summed E-state index contributed by atoms with van der Waals surface area (Å²) in [6.07, 6.45) is 5.11. The summed E-state index contributed by atoms with van der Waals surface area (Å²) in [6.45, 7) is -0.303. The van der Waals surface area contributed by atoms with Gasteiger partial charge in [-0.1, -0.05) is 64.7 Å². The van der Waals surface area contributed by atoms with Crippen molar-refractivity contribution in [3.05, 3.63) is 0 Å². The minimum atomic E-state index is -1.56. The SMILES string of the molecule is CCCCCCCCCCCCNC(=O)[C@H](CCC(=O)NCC(O)CO)NC(=O)[C@H](CCC(=O)NCC(O)CO)NC(=O)[C@H](CCC(=O)NCC(O)CO)NC(=O)[C@@H]1CCC(=O)N1. The van der Waals surface area contributed by atoms with Crippen LogP contribution in [0.5, 0.6) is 0 Å². The Labute approximate surface area is 369 Å². The highest BCUT2D eigenvalue weighted by Gasteiger charge is 2.33. The Morgan fingerprint density at radius 1 is 0.556 bits per heavy atom. The summed E-state index contributed by atoms with van der Waals surface area (Å²) >= 11 is 0. The van der Waals surface area contributed by atoms with Crippen molar-refractivity contribution in [1.82, 2.24) is 42.5 Å². The van der Waals surface area contributed by atoms with Crippen LogP contribution in [0, 0.1) is 0 Å². The zero-order chi connectivity index (χ0) is 47.0. The van der Waals surface area contributed by atoms with Gasteiger partial charge in [0.2, 0.25) is 47.3 Å². The van der Waals surface area contributed by atoms with Crippen molar-refractivity contribution in [1.29, 1.82) is 0 Å². The number of nitrogens with one attached hydrogen (secondary N) is 8. The van der Waals surface area contributed by atoms with Crippen LogP contribution in [0.2, 0.25) is 0 Å². The number of hydrogen-bond donors (Lipinski definition) is 14. The molecule has 0 aromatic rings. The Morgan fingerprint density at radius 2 is 0.937 bits per heavy atom. The highest BCUT2D eigenvalue weighted by atomic mass is 16.3. The summed E-state index contributed by atoms with van der Waals surface area (Å²) in [7, 11) is 0. The first kappa shape index (κ1) is 56.5. The summed E-state index contributed by atoms with van der Waals surface area (Å²) in [4.78, 5) is 104. The fourth-order valence-electron chi connectivity index (χ4n) is 6.36. The van der Waals surface area contributed by atoms with Gasteiger partial charge in [-0.2, -0.15) is 0 Å². The molecule has 0 aliphatic carbocycles. The molecule has 1 aliphatic rings. The van der Waals surface area contributed by atoms with E-state index in [0.29, 0.717) is 6.42 Å². The zero-order valence-corrected chi connectivity index (χ0v) is 36.7. The number of unbranched alkanes of at least 4 members (excludes halogenated alkanes) is 9. The van der Waals surface area contributed by atoms with Crippen molar-refractivity contribution < 1.29 is 69.0 Å². The van der Waals surface area contributed by atoms with Crippen LogP contribution in [0.15, 0.2) is 0 Å². The van der Waals surface area contributed by atoms with E-state index >= 15 is 0 Å². The molecule has 22 heteroatoms. The monoisotopic (exact) mass is 903 g/mol. The van der Waals surface area contributed by atoms with Crippen LogP contribution in [-0.4, -0.2) is 166 Å². The average molecular weight is 903 g/mol. The van der Waals surface area contributed by atoms with E-state index in [9.17, 15) is 53.7 Å². The average Bonchev–Trinajstić information content (AvgIpc) is 3.72. The lowest BCUT2D eigenvalue weighted by atomic mass is 10.0. The topological polar surface area (TPSA) is 354 Å². The molecular formula is C41H74N8O14. The normalized spacial score (nSPS) is 16.3. The van der Waals surface area contributed by atoms with Crippen LogP contribution in [0.4, 0.5) is 0 Å². The van der Waals surface area contributed by atoms with E-state index in [-0.39, 0.29) is 77.0 Å². The lowest BCUT2D eigenvalue weighted by molar-refractivity contribution is -0.135. The van der Waals surface area contributed by atoms with Gasteiger partial charge in [0.1, 0.15) is 24.2 Å².